The van der Waals surface area contributed by atoms with Crippen molar-refractivity contribution in [3.05, 3.63) is 131 Å². The normalized spacial score (nSPS) is 11.2. The molecule has 37 heavy (non-hydrogen) atoms. The molecule has 0 aliphatic heterocycles. The molecule has 0 radical (unpaired) electrons. The van der Waals surface area contributed by atoms with Gasteiger partial charge in [-0.05, 0) is 34.9 Å². The molecule has 0 aliphatic carbocycles. The van der Waals surface area contributed by atoms with Crippen molar-refractivity contribution >= 4 is 35.2 Å². The molecule has 0 unspecified atom stereocenters. The van der Waals surface area contributed by atoms with E-state index < -0.39 is 0 Å². The Labute approximate surface area is 235 Å². The third-order valence-electron chi connectivity index (χ3n) is 6.09. The Bertz CT molecular complexity index is 1690. The SMILES string of the molecule is Clc1ccc(-c2c[n+]3c(-c4ccc(-c5ccccc5)cc4)cn(N=Cc4ccccc4)c3[nH]2)c(Cl)c1.[Br-]. The number of benzene rings is 4. The highest BCUT2D eigenvalue weighted by molar-refractivity contribution is 6.36. The molecule has 4 nitrogen and oxygen atoms in total. The number of hydrogen-bond donors (Lipinski definition) is 1. The summed E-state index contributed by atoms with van der Waals surface area (Å²) in [6.07, 6.45) is 5.91. The van der Waals surface area contributed by atoms with E-state index in [-0.39, 0.29) is 17.0 Å². The lowest BCUT2D eigenvalue weighted by atomic mass is 10.0. The average molecular weight is 588 g/mol. The molecule has 2 aromatic heterocycles. The first-order chi connectivity index (χ1) is 17.7. The minimum absolute atomic E-state index is 0. The van der Waals surface area contributed by atoms with E-state index in [0.717, 1.165) is 33.9 Å². The number of halogens is 3. The topological polar surface area (TPSA) is 37.2 Å². The van der Waals surface area contributed by atoms with E-state index in [2.05, 4.69) is 57.9 Å². The summed E-state index contributed by atoms with van der Waals surface area (Å²) < 4.78 is 3.95. The van der Waals surface area contributed by atoms with E-state index in [1.165, 1.54) is 11.1 Å². The summed E-state index contributed by atoms with van der Waals surface area (Å²) in [6.45, 7) is 0. The first-order valence-corrected chi connectivity index (χ1v) is 12.3. The molecule has 4 aromatic carbocycles. The van der Waals surface area contributed by atoms with Crippen molar-refractivity contribution in [2.45, 2.75) is 0 Å². The quantitative estimate of drug-likeness (QED) is 0.223. The van der Waals surface area contributed by atoms with Crippen LogP contribution in [-0.4, -0.2) is 15.9 Å². The number of rotatable bonds is 5. The molecule has 182 valence electrons. The molecule has 6 rings (SSSR count). The second-order valence-corrected chi connectivity index (χ2v) is 9.29. The van der Waals surface area contributed by atoms with Gasteiger partial charge in [0.1, 0.15) is 23.8 Å². The molecule has 1 N–H and O–H groups in total. The van der Waals surface area contributed by atoms with Gasteiger partial charge in [0.05, 0.1) is 11.2 Å². The summed E-state index contributed by atoms with van der Waals surface area (Å²) in [7, 11) is 0. The first-order valence-electron chi connectivity index (χ1n) is 11.5. The minimum atomic E-state index is 0. The van der Waals surface area contributed by atoms with Gasteiger partial charge in [-0.25, -0.2) is 4.98 Å². The van der Waals surface area contributed by atoms with Crippen molar-refractivity contribution in [2.75, 3.05) is 0 Å². The molecular formula is C30H21BrCl2N4. The van der Waals surface area contributed by atoms with E-state index in [0.29, 0.717) is 10.0 Å². The number of nitrogens with zero attached hydrogens (tertiary/aromatic N) is 3. The monoisotopic (exact) mass is 586 g/mol. The van der Waals surface area contributed by atoms with Crippen LogP contribution in [0.2, 0.25) is 10.0 Å². The molecular weight excluding hydrogens is 567 g/mol. The zero-order chi connectivity index (χ0) is 24.5. The van der Waals surface area contributed by atoms with Gasteiger partial charge in [-0.2, -0.15) is 4.40 Å². The van der Waals surface area contributed by atoms with Gasteiger partial charge < -0.3 is 17.0 Å². The van der Waals surface area contributed by atoms with Crippen LogP contribution in [0.15, 0.2) is 121 Å². The Morgan fingerprint density at radius 3 is 2.11 bits per heavy atom. The largest absolute Gasteiger partial charge is 1.00 e. The fourth-order valence-electron chi connectivity index (χ4n) is 4.27. The van der Waals surface area contributed by atoms with Gasteiger partial charge >= 0.3 is 5.78 Å². The Morgan fingerprint density at radius 2 is 1.41 bits per heavy atom. The van der Waals surface area contributed by atoms with Crippen LogP contribution in [0.1, 0.15) is 5.56 Å². The van der Waals surface area contributed by atoms with Crippen LogP contribution in [0, 0.1) is 0 Å². The Kier molecular flexibility index (Phi) is 7.28. The number of fused-ring (bicyclic) bond motifs is 1. The maximum Gasteiger partial charge on any atom is 0.391 e. The fourth-order valence-corrected chi connectivity index (χ4v) is 4.78. The van der Waals surface area contributed by atoms with Gasteiger partial charge in [-0.15, -0.1) is 9.78 Å². The Morgan fingerprint density at radius 1 is 0.757 bits per heavy atom. The number of imidazole rings is 2. The van der Waals surface area contributed by atoms with E-state index in [9.17, 15) is 0 Å². The number of aromatic nitrogens is 3. The summed E-state index contributed by atoms with van der Waals surface area (Å²) in [5.74, 6) is 0.810. The van der Waals surface area contributed by atoms with Crippen LogP contribution >= 0.6 is 23.2 Å². The lowest BCUT2D eigenvalue weighted by Crippen LogP contribution is -3.00. The van der Waals surface area contributed by atoms with Crippen LogP contribution in [0.5, 0.6) is 0 Å². The third-order valence-corrected chi connectivity index (χ3v) is 6.64. The van der Waals surface area contributed by atoms with Crippen molar-refractivity contribution in [2.24, 2.45) is 5.10 Å². The van der Waals surface area contributed by atoms with Crippen molar-refractivity contribution in [1.82, 2.24) is 9.66 Å². The zero-order valence-electron chi connectivity index (χ0n) is 19.5. The maximum absolute atomic E-state index is 6.52. The summed E-state index contributed by atoms with van der Waals surface area (Å²) in [4.78, 5) is 3.49. The van der Waals surface area contributed by atoms with Crippen molar-refractivity contribution in [3.63, 3.8) is 0 Å². The van der Waals surface area contributed by atoms with Gasteiger partial charge in [0.25, 0.3) is 0 Å². The van der Waals surface area contributed by atoms with E-state index >= 15 is 0 Å². The maximum atomic E-state index is 6.52. The number of H-pyrrole nitrogens is 1. The van der Waals surface area contributed by atoms with Gasteiger partial charge in [-0.1, -0.05) is 108 Å². The number of aromatic amines is 1. The molecule has 7 heteroatoms. The molecule has 0 fully saturated rings. The Hall–Kier alpha value is -3.64. The molecule has 2 heterocycles. The van der Waals surface area contributed by atoms with Crippen LogP contribution in [0.25, 0.3) is 39.4 Å². The second kappa shape index (κ2) is 10.8. The molecule has 0 amide bonds. The summed E-state index contributed by atoms with van der Waals surface area (Å²) in [5, 5.41) is 5.93. The summed E-state index contributed by atoms with van der Waals surface area (Å²) in [5.41, 5.74) is 7.20. The first kappa shape index (κ1) is 25.0. The van der Waals surface area contributed by atoms with Gasteiger partial charge in [-0.3, -0.25) is 0 Å². The molecule has 0 atom stereocenters. The van der Waals surface area contributed by atoms with Crippen LogP contribution in [0.3, 0.4) is 0 Å². The predicted molar refractivity (Wildman–Crippen MR) is 148 cm³/mol. The lowest BCUT2D eigenvalue weighted by molar-refractivity contribution is -0.496. The van der Waals surface area contributed by atoms with Crippen molar-refractivity contribution in [1.29, 1.82) is 0 Å². The van der Waals surface area contributed by atoms with Crippen LogP contribution in [0.4, 0.5) is 0 Å². The minimum Gasteiger partial charge on any atom is -1.00 e. The molecule has 6 aromatic rings. The van der Waals surface area contributed by atoms with Crippen LogP contribution < -0.4 is 21.4 Å². The highest BCUT2D eigenvalue weighted by atomic mass is 79.9. The van der Waals surface area contributed by atoms with E-state index in [1.54, 1.807) is 6.07 Å². The lowest BCUT2D eigenvalue weighted by Gasteiger charge is -2.02. The van der Waals surface area contributed by atoms with Crippen molar-refractivity contribution in [3.8, 4) is 33.6 Å². The molecule has 0 bridgehead atoms. The van der Waals surface area contributed by atoms with Crippen LogP contribution in [-0.2, 0) is 0 Å². The molecule has 0 saturated heterocycles. The molecule has 0 saturated carbocycles. The summed E-state index contributed by atoms with van der Waals surface area (Å²) in [6, 6.07) is 34.5. The highest BCUT2D eigenvalue weighted by Crippen LogP contribution is 2.30. The average Bonchev–Trinajstić information content (AvgIpc) is 3.48. The van der Waals surface area contributed by atoms with E-state index in [1.807, 2.05) is 71.8 Å². The van der Waals surface area contributed by atoms with Gasteiger partial charge in [0.15, 0.2) is 0 Å². The van der Waals surface area contributed by atoms with E-state index in [4.69, 9.17) is 28.3 Å². The highest BCUT2D eigenvalue weighted by Gasteiger charge is 2.22. The molecule has 0 spiro atoms. The zero-order valence-corrected chi connectivity index (χ0v) is 22.6. The Balaban J connectivity index is 0.00000280. The smallest absolute Gasteiger partial charge is 0.391 e. The third kappa shape index (κ3) is 5.12. The summed E-state index contributed by atoms with van der Waals surface area (Å²) >= 11 is 12.6. The second-order valence-electron chi connectivity index (χ2n) is 8.44. The van der Waals surface area contributed by atoms with Gasteiger partial charge in [0, 0.05) is 16.1 Å². The van der Waals surface area contributed by atoms with Crippen molar-refractivity contribution < 1.29 is 21.4 Å². The number of nitrogens with one attached hydrogen (secondary N) is 1. The fraction of sp³-hybridized carbons (Fsp3) is 0. The van der Waals surface area contributed by atoms with Gasteiger partial charge in [0.2, 0.25) is 0 Å². The standard InChI is InChI=1S/C30H20Cl2N4.BrH/c31-25-15-16-26(27(32)17-25)28-19-35-29(24-13-11-23(12-14-24)22-9-5-2-6-10-22)20-36(30(35)34-28)33-18-21-7-3-1-4-8-21;/h1-20H;1H. The number of hydrogen-bond acceptors (Lipinski definition) is 1. The molecule has 0 aliphatic rings. The predicted octanol–water partition coefficient (Wildman–Crippen LogP) is 4.75.